The molecular formula is C25H32N6O3. The normalized spacial score (nSPS) is 20.4. The summed E-state index contributed by atoms with van der Waals surface area (Å²) >= 11 is 0. The van der Waals surface area contributed by atoms with Gasteiger partial charge in [0.05, 0.1) is 19.2 Å². The van der Waals surface area contributed by atoms with Gasteiger partial charge in [-0.2, -0.15) is 0 Å². The van der Waals surface area contributed by atoms with Crippen LogP contribution in [0.3, 0.4) is 0 Å². The highest BCUT2D eigenvalue weighted by Gasteiger charge is 2.51. The summed E-state index contributed by atoms with van der Waals surface area (Å²) < 4.78 is 5.39. The van der Waals surface area contributed by atoms with E-state index in [-0.39, 0.29) is 11.6 Å². The van der Waals surface area contributed by atoms with Crippen molar-refractivity contribution < 1.29 is 14.3 Å². The molecule has 3 saturated heterocycles. The van der Waals surface area contributed by atoms with Gasteiger partial charge in [0.2, 0.25) is 0 Å². The van der Waals surface area contributed by atoms with Crippen LogP contribution in [0.1, 0.15) is 29.9 Å². The van der Waals surface area contributed by atoms with E-state index < -0.39 is 6.03 Å². The first-order chi connectivity index (χ1) is 16.5. The van der Waals surface area contributed by atoms with Gasteiger partial charge in [0.1, 0.15) is 5.75 Å². The van der Waals surface area contributed by atoms with Crippen molar-refractivity contribution in [1.82, 2.24) is 20.7 Å². The van der Waals surface area contributed by atoms with Crippen LogP contribution in [0.5, 0.6) is 5.75 Å². The summed E-state index contributed by atoms with van der Waals surface area (Å²) in [4.78, 5) is 31.1. The summed E-state index contributed by atoms with van der Waals surface area (Å²) in [6, 6.07) is 15.8. The molecule has 4 amide bonds. The summed E-state index contributed by atoms with van der Waals surface area (Å²) in [7, 11) is 1.64. The van der Waals surface area contributed by atoms with E-state index in [2.05, 4.69) is 23.0 Å². The number of hydrogen-bond acceptors (Lipinski definition) is 5. The quantitative estimate of drug-likeness (QED) is 0.630. The third-order valence-corrected chi connectivity index (χ3v) is 7.47. The summed E-state index contributed by atoms with van der Waals surface area (Å²) in [5.41, 5.74) is 14.7. The third kappa shape index (κ3) is 4.17. The predicted molar refractivity (Wildman–Crippen MR) is 130 cm³/mol. The average molecular weight is 465 g/mol. The number of urea groups is 2. The number of methoxy groups -OCH3 is 1. The Labute approximate surface area is 199 Å². The first kappa shape index (κ1) is 22.5. The van der Waals surface area contributed by atoms with Gasteiger partial charge in [0.25, 0.3) is 0 Å². The number of piperidine rings is 1. The van der Waals surface area contributed by atoms with Crippen LogP contribution in [0.15, 0.2) is 48.5 Å². The van der Waals surface area contributed by atoms with Gasteiger partial charge in [-0.3, -0.25) is 15.8 Å². The van der Waals surface area contributed by atoms with E-state index in [0.717, 1.165) is 30.1 Å². The van der Waals surface area contributed by atoms with E-state index in [0.29, 0.717) is 44.9 Å². The first-order valence-electron chi connectivity index (χ1n) is 11.8. The lowest BCUT2D eigenvalue weighted by atomic mass is 9.86. The number of likely N-dealkylation sites (tertiary alicyclic amines) is 1. The molecule has 180 valence electrons. The fourth-order valence-electron chi connectivity index (χ4n) is 5.38. The lowest BCUT2D eigenvalue weighted by molar-refractivity contribution is 0.0850. The fourth-order valence-corrected chi connectivity index (χ4v) is 5.38. The number of anilines is 1. The zero-order valence-corrected chi connectivity index (χ0v) is 19.5. The van der Waals surface area contributed by atoms with Crippen molar-refractivity contribution in [2.75, 3.05) is 44.7 Å². The molecule has 0 aliphatic carbocycles. The molecule has 3 aliphatic heterocycles. The first-order valence-corrected chi connectivity index (χ1v) is 11.8. The zero-order valence-electron chi connectivity index (χ0n) is 19.5. The minimum absolute atomic E-state index is 0.00713. The lowest BCUT2D eigenvalue weighted by Gasteiger charge is -2.43. The number of benzene rings is 2. The van der Waals surface area contributed by atoms with E-state index >= 15 is 0 Å². The molecule has 9 nitrogen and oxygen atoms in total. The molecule has 5 rings (SSSR count). The minimum Gasteiger partial charge on any atom is -0.497 e. The smallest absolute Gasteiger partial charge is 0.325 e. The maximum absolute atomic E-state index is 13.8. The van der Waals surface area contributed by atoms with Gasteiger partial charge in [0, 0.05) is 44.3 Å². The minimum atomic E-state index is -0.401. The number of nitrogens with two attached hydrogens (primary N) is 1. The van der Waals surface area contributed by atoms with E-state index in [1.54, 1.807) is 12.0 Å². The number of amides is 4. The molecule has 0 radical (unpaired) electrons. The highest BCUT2D eigenvalue weighted by atomic mass is 16.5. The number of rotatable bonds is 5. The maximum Gasteiger partial charge on any atom is 0.325 e. The number of hydrazine groups is 1. The van der Waals surface area contributed by atoms with Crippen molar-refractivity contribution in [1.29, 1.82) is 0 Å². The molecule has 2 aromatic carbocycles. The van der Waals surface area contributed by atoms with Crippen molar-refractivity contribution in [3.05, 3.63) is 59.7 Å². The van der Waals surface area contributed by atoms with Gasteiger partial charge >= 0.3 is 12.1 Å². The van der Waals surface area contributed by atoms with Crippen LogP contribution in [0.4, 0.5) is 15.3 Å². The monoisotopic (exact) mass is 464 g/mol. The van der Waals surface area contributed by atoms with Gasteiger partial charge in [-0.25, -0.2) is 9.59 Å². The standard InChI is InChI=1S/C25H32N6O3/c1-34-22-4-2-3-18(13-22)16-31-24(33)30(17-25(31)9-11-29(12-10-25)23(26)32)21-7-5-19(6-8-21)20-14-27-28-15-20/h2-8,13,20,27-28H,9-12,14-17H2,1H3,(H2,26,32). The van der Waals surface area contributed by atoms with Crippen molar-refractivity contribution in [3.63, 3.8) is 0 Å². The number of nitrogens with zero attached hydrogens (tertiary/aromatic N) is 3. The van der Waals surface area contributed by atoms with Gasteiger partial charge in [-0.05, 0) is 48.2 Å². The van der Waals surface area contributed by atoms with E-state index in [1.165, 1.54) is 5.56 Å². The fraction of sp³-hybridized carbons (Fsp3) is 0.440. The Morgan fingerprint density at radius 3 is 2.47 bits per heavy atom. The lowest BCUT2D eigenvalue weighted by Crippen LogP contribution is -2.55. The van der Waals surface area contributed by atoms with Crippen LogP contribution in [0, 0.1) is 0 Å². The maximum atomic E-state index is 13.8. The Balaban J connectivity index is 1.41. The molecule has 2 aromatic rings. The molecule has 3 fully saturated rings. The third-order valence-electron chi connectivity index (χ3n) is 7.47. The van der Waals surface area contributed by atoms with Crippen molar-refractivity contribution in [2.24, 2.45) is 5.73 Å². The Morgan fingerprint density at radius 1 is 1.12 bits per heavy atom. The van der Waals surface area contributed by atoms with Crippen LogP contribution in [0.2, 0.25) is 0 Å². The number of ether oxygens (including phenoxy) is 1. The van der Waals surface area contributed by atoms with Crippen LogP contribution < -0.4 is 26.2 Å². The van der Waals surface area contributed by atoms with Gasteiger partial charge in [-0.15, -0.1) is 0 Å². The molecule has 4 N–H and O–H groups in total. The number of nitrogens with one attached hydrogen (secondary N) is 2. The Bertz CT molecular complexity index is 1040. The van der Waals surface area contributed by atoms with Gasteiger partial charge < -0.3 is 20.3 Å². The number of carbonyl (C=O) groups is 2. The topological polar surface area (TPSA) is 103 Å². The van der Waals surface area contributed by atoms with E-state index in [9.17, 15) is 9.59 Å². The van der Waals surface area contributed by atoms with Gasteiger partial charge in [-0.1, -0.05) is 24.3 Å². The Morgan fingerprint density at radius 2 is 1.82 bits per heavy atom. The number of primary amides is 1. The molecule has 0 bridgehead atoms. The molecule has 34 heavy (non-hydrogen) atoms. The van der Waals surface area contributed by atoms with Crippen LogP contribution in [-0.2, 0) is 6.54 Å². The molecule has 0 unspecified atom stereocenters. The molecular weight excluding hydrogens is 432 g/mol. The molecule has 9 heteroatoms. The number of hydrogen-bond donors (Lipinski definition) is 3. The summed E-state index contributed by atoms with van der Waals surface area (Å²) in [6.07, 6.45) is 1.39. The average Bonchev–Trinajstić information content (AvgIpc) is 3.49. The predicted octanol–water partition coefficient (Wildman–Crippen LogP) is 2.24. The van der Waals surface area contributed by atoms with Crippen molar-refractivity contribution >= 4 is 17.7 Å². The van der Waals surface area contributed by atoms with Crippen LogP contribution in [0.25, 0.3) is 0 Å². The Kier molecular flexibility index (Phi) is 6.05. The van der Waals surface area contributed by atoms with Crippen molar-refractivity contribution in [2.45, 2.75) is 30.8 Å². The number of carbonyl (C=O) groups excluding carboxylic acids is 2. The van der Waals surface area contributed by atoms with E-state index in [1.807, 2.05) is 46.2 Å². The van der Waals surface area contributed by atoms with Crippen LogP contribution in [-0.4, -0.2) is 67.2 Å². The zero-order chi connectivity index (χ0) is 23.7. The highest BCUT2D eigenvalue weighted by Crippen LogP contribution is 2.39. The SMILES string of the molecule is COc1cccc(CN2C(=O)N(c3ccc(C4CNNC4)cc3)CC23CCN(C(N)=O)CC3)c1. The molecule has 3 heterocycles. The molecule has 0 saturated carbocycles. The summed E-state index contributed by atoms with van der Waals surface area (Å²) in [6.45, 7) is 3.97. The molecule has 3 aliphatic rings. The summed E-state index contributed by atoms with van der Waals surface area (Å²) in [5, 5.41) is 0. The molecule has 1 spiro atoms. The van der Waals surface area contributed by atoms with Crippen molar-refractivity contribution in [3.8, 4) is 5.75 Å². The highest BCUT2D eigenvalue weighted by molar-refractivity contribution is 5.95. The second-order valence-electron chi connectivity index (χ2n) is 9.41. The largest absolute Gasteiger partial charge is 0.497 e. The second kappa shape index (κ2) is 9.15. The molecule has 0 aromatic heterocycles. The van der Waals surface area contributed by atoms with Crippen LogP contribution >= 0.6 is 0 Å². The van der Waals surface area contributed by atoms with Gasteiger partial charge in [0.15, 0.2) is 0 Å². The Hall–Kier alpha value is -3.30. The van der Waals surface area contributed by atoms with E-state index in [4.69, 9.17) is 10.5 Å². The molecule has 0 atom stereocenters. The second-order valence-corrected chi connectivity index (χ2v) is 9.41. The summed E-state index contributed by atoms with van der Waals surface area (Å²) in [5.74, 6) is 1.20.